The highest BCUT2D eigenvalue weighted by molar-refractivity contribution is 5.54. The molecule has 2 atom stereocenters. The quantitative estimate of drug-likeness (QED) is 0.819. The number of benzene rings is 1. The number of anilines is 1. The highest BCUT2D eigenvalue weighted by atomic mass is 15.1. The smallest absolute Gasteiger partial charge is 0.0399 e. The molecule has 1 aromatic carbocycles. The van der Waals surface area contributed by atoms with Crippen molar-refractivity contribution in [3.8, 4) is 0 Å². The summed E-state index contributed by atoms with van der Waals surface area (Å²) in [6.45, 7) is 6.58. The monoisotopic (exact) mass is 234 g/mol. The van der Waals surface area contributed by atoms with E-state index < -0.39 is 0 Å². The highest BCUT2D eigenvalue weighted by Crippen LogP contribution is 2.23. The first-order chi connectivity index (χ1) is 8.06. The van der Waals surface area contributed by atoms with Crippen LogP contribution < -0.4 is 10.6 Å². The lowest BCUT2D eigenvalue weighted by Gasteiger charge is -2.29. The van der Waals surface area contributed by atoms with Gasteiger partial charge >= 0.3 is 0 Å². The van der Waals surface area contributed by atoms with Crippen molar-refractivity contribution >= 4 is 5.69 Å². The summed E-state index contributed by atoms with van der Waals surface area (Å²) in [6, 6.07) is 9.38. The number of hydrogen-bond donors (Lipinski definition) is 1. The van der Waals surface area contributed by atoms with E-state index in [1.165, 1.54) is 24.1 Å². The minimum atomic E-state index is 0.214. The molecule has 0 aliphatic heterocycles. The van der Waals surface area contributed by atoms with Crippen molar-refractivity contribution in [1.82, 2.24) is 0 Å². The van der Waals surface area contributed by atoms with Crippen LogP contribution >= 0.6 is 0 Å². The second kappa shape index (κ2) is 6.65. The lowest BCUT2D eigenvalue weighted by Crippen LogP contribution is -2.30. The summed E-state index contributed by atoms with van der Waals surface area (Å²) in [5.74, 6) is 0. The van der Waals surface area contributed by atoms with Crippen LogP contribution in [-0.4, -0.2) is 19.1 Å². The molecule has 0 radical (unpaired) electrons. The fourth-order valence-corrected chi connectivity index (χ4v) is 2.22. The molecule has 0 aliphatic carbocycles. The van der Waals surface area contributed by atoms with Crippen molar-refractivity contribution in [1.29, 1.82) is 0 Å². The van der Waals surface area contributed by atoms with Gasteiger partial charge in [0.15, 0.2) is 0 Å². The topological polar surface area (TPSA) is 29.3 Å². The molecule has 2 N–H and O–H groups in total. The van der Waals surface area contributed by atoms with Crippen LogP contribution in [0.3, 0.4) is 0 Å². The molecule has 0 fully saturated rings. The molecule has 0 aromatic heterocycles. The van der Waals surface area contributed by atoms with Crippen LogP contribution in [0.5, 0.6) is 0 Å². The largest absolute Gasteiger partial charge is 0.372 e. The number of para-hydroxylation sites is 1. The number of hydrogen-bond acceptors (Lipinski definition) is 2. The molecule has 17 heavy (non-hydrogen) atoms. The van der Waals surface area contributed by atoms with Crippen molar-refractivity contribution in [2.45, 2.75) is 52.1 Å². The maximum Gasteiger partial charge on any atom is 0.0399 e. The Morgan fingerprint density at radius 2 is 1.88 bits per heavy atom. The first kappa shape index (κ1) is 14.0. The number of nitrogens with two attached hydrogens (primary N) is 1. The molecule has 0 heterocycles. The first-order valence-corrected chi connectivity index (χ1v) is 6.62. The number of rotatable bonds is 6. The fourth-order valence-electron chi connectivity index (χ4n) is 2.22. The minimum absolute atomic E-state index is 0.214. The summed E-state index contributed by atoms with van der Waals surface area (Å²) in [7, 11) is 2.18. The van der Waals surface area contributed by atoms with Crippen molar-refractivity contribution in [3.63, 3.8) is 0 Å². The minimum Gasteiger partial charge on any atom is -0.372 e. The van der Waals surface area contributed by atoms with Gasteiger partial charge in [0, 0.05) is 24.8 Å². The van der Waals surface area contributed by atoms with Gasteiger partial charge in [0.1, 0.15) is 0 Å². The Morgan fingerprint density at radius 3 is 2.47 bits per heavy atom. The van der Waals surface area contributed by atoms with Gasteiger partial charge in [-0.1, -0.05) is 31.5 Å². The molecular formula is C15H26N2. The molecule has 1 rings (SSSR count). The van der Waals surface area contributed by atoms with Gasteiger partial charge in [0.2, 0.25) is 0 Å². The van der Waals surface area contributed by atoms with E-state index in [9.17, 15) is 0 Å². The van der Waals surface area contributed by atoms with Gasteiger partial charge in [-0.25, -0.2) is 0 Å². The predicted octanol–water partition coefficient (Wildman–Crippen LogP) is 3.20. The van der Waals surface area contributed by atoms with Gasteiger partial charge in [-0.3, -0.25) is 0 Å². The summed E-state index contributed by atoms with van der Waals surface area (Å²) < 4.78 is 0. The third-order valence-corrected chi connectivity index (χ3v) is 3.28. The maximum atomic E-state index is 5.91. The zero-order valence-corrected chi connectivity index (χ0v) is 11.6. The van der Waals surface area contributed by atoms with Crippen LogP contribution in [-0.2, 0) is 6.42 Å². The van der Waals surface area contributed by atoms with Gasteiger partial charge in [0.05, 0.1) is 0 Å². The Balaban J connectivity index is 2.88. The van der Waals surface area contributed by atoms with Crippen LogP contribution in [0.1, 0.15) is 39.2 Å². The van der Waals surface area contributed by atoms with Crippen LogP contribution in [0.2, 0.25) is 0 Å². The molecular weight excluding hydrogens is 208 g/mol. The fraction of sp³-hybridized carbons (Fsp3) is 0.600. The maximum absolute atomic E-state index is 5.91. The van der Waals surface area contributed by atoms with Crippen molar-refractivity contribution in [2.75, 3.05) is 11.9 Å². The Morgan fingerprint density at radius 1 is 1.24 bits per heavy atom. The van der Waals surface area contributed by atoms with Gasteiger partial charge < -0.3 is 10.6 Å². The molecule has 1 aromatic rings. The third kappa shape index (κ3) is 4.04. The van der Waals surface area contributed by atoms with Crippen LogP contribution in [0.25, 0.3) is 0 Å². The Kier molecular flexibility index (Phi) is 5.49. The molecule has 0 saturated heterocycles. The lowest BCUT2D eigenvalue weighted by molar-refractivity contribution is 0.612. The Bertz CT molecular complexity index is 333. The van der Waals surface area contributed by atoms with E-state index in [4.69, 9.17) is 5.73 Å². The Hall–Kier alpha value is -1.02. The second-order valence-corrected chi connectivity index (χ2v) is 5.06. The van der Waals surface area contributed by atoms with E-state index in [1.54, 1.807) is 0 Å². The highest BCUT2D eigenvalue weighted by Gasteiger charge is 2.13. The average molecular weight is 234 g/mol. The predicted molar refractivity (Wildman–Crippen MR) is 76.6 cm³/mol. The van der Waals surface area contributed by atoms with E-state index in [2.05, 4.69) is 57.0 Å². The number of nitrogens with zero attached hydrogens (tertiary/aromatic N) is 1. The summed E-state index contributed by atoms with van der Waals surface area (Å²) in [5, 5.41) is 0. The van der Waals surface area contributed by atoms with Gasteiger partial charge in [-0.15, -0.1) is 0 Å². The standard InChI is InChI=1S/C15H26N2/c1-5-8-13(3)17(4)15-10-7-6-9-14(15)11-12(2)16/h6-7,9-10,12-13H,5,8,11,16H2,1-4H3. The van der Waals surface area contributed by atoms with Gasteiger partial charge in [0.25, 0.3) is 0 Å². The normalized spacial score (nSPS) is 14.4. The third-order valence-electron chi connectivity index (χ3n) is 3.28. The zero-order chi connectivity index (χ0) is 12.8. The van der Waals surface area contributed by atoms with E-state index in [-0.39, 0.29) is 6.04 Å². The second-order valence-electron chi connectivity index (χ2n) is 5.06. The molecule has 96 valence electrons. The summed E-state index contributed by atoms with van der Waals surface area (Å²) in [6.07, 6.45) is 3.39. The molecule has 0 bridgehead atoms. The first-order valence-electron chi connectivity index (χ1n) is 6.62. The summed E-state index contributed by atoms with van der Waals surface area (Å²) in [5.41, 5.74) is 8.59. The van der Waals surface area contributed by atoms with E-state index in [1.807, 2.05) is 0 Å². The van der Waals surface area contributed by atoms with E-state index in [0.29, 0.717) is 6.04 Å². The van der Waals surface area contributed by atoms with E-state index in [0.717, 1.165) is 6.42 Å². The zero-order valence-electron chi connectivity index (χ0n) is 11.6. The molecule has 2 unspecified atom stereocenters. The van der Waals surface area contributed by atoms with Crippen molar-refractivity contribution in [2.24, 2.45) is 5.73 Å². The molecule has 2 heteroatoms. The van der Waals surface area contributed by atoms with Gasteiger partial charge in [-0.05, 0) is 38.3 Å². The molecule has 0 aliphatic rings. The molecule has 0 amide bonds. The van der Waals surface area contributed by atoms with Crippen LogP contribution in [0.15, 0.2) is 24.3 Å². The molecule has 2 nitrogen and oxygen atoms in total. The van der Waals surface area contributed by atoms with Crippen molar-refractivity contribution < 1.29 is 0 Å². The van der Waals surface area contributed by atoms with Crippen LogP contribution in [0, 0.1) is 0 Å². The van der Waals surface area contributed by atoms with Crippen LogP contribution in [0.4, 0.5) is 5.69 Å². The molecule has 0 spiro atoms. The SMILES string of the molecule is CCCC(C)N(C)c1ccccc1CC(C)N. The van der Waals surface area contributed by atoms with Crippen molar-refractivity contribution in [3.05, 3.63) is 29.8 Å². The summed E-state index contributed by atoms with van der Waals surface area (Å²) >= 11 is 0. The van der Waals surface area contributed by atoms with E-state index >= 15 is 0 Å². The molecule has 0 saturated carbocycles. The average Bonchev–Trinajstić information content (AvgIpc) is 2.28. The Labute approximate surface area is 106 Å². The van der Waals surface area contributed by atoms with Gasteiger partial charge in [-0.2, -0.15) is 0 Å². The summed E-state index contributed by atoms with van der Waals surface area (Å²) in [4.78, 5) is 2.38. The lowest BCUT2D eigenvalue weighted by atomic mass is 10.0.